The monoisotopic (exact) mass is 448 g/mol. The Labute approximate surface area is 170 Å². The van der Waals surface area contributed by atoms with Crippen LogP contribution in [0.5, 0.6) is 0 Å². The summed E-state index contributed by atoms with van der Waals surface area (Å²) in [6.07, 6.45) is 3.71. The van der Waals surface area contributed by atoms with Gasteiger partial charge in [-0.25, -0.2) is 14.6 Å². The van der Waals surface area contributed by atoms with Gasteiger partial charge in [0.1, 0.15) is 5.82 Å². The SMILES string of the molecule is CSc1nc(NC(C)C)c2cnn(CCNC(=O)c3ccccc3Br)c2n1. The van der Waals surface area contributed by atoms with E-state index in [0.717, 1.165) is 21.3 Å². The lowest BCUT2D eigenvalue weighted by Gasteiger charge is -2.11. The van der Waals surface area contributed by atoms with Crippen LogP contribution in [0.25, 0.3) is 11.0 Å². The second-order valence-corrected chi connectivity index (χ2v) is 7.83. The average molecular weight is 449 g/mol. The molecule has 0 aliphatic heterocycles. The zero-order chi connectivity index (χ0) is 19.4. The first kappa shape index (κ1) is 19.6. The van der Waals surface area contributed by atoms with Crippen molar-refractivity contribution < 1.29 is 4.79 Å². The van der Waals surface area contributed by atoms with E-state index in [1.807, 2.05) is 24.5 Å². The van der Waals surface area contributed by atoms with E-state index in [1.54, 1.807) is 16.9 Å². The second kappa shape index (κ2) is 8.71. The van der Waals surface area contributed by atoms with Crippen LogP contribution < -0.4 is 10.6 Å². The predicted octanol–water partition coefficient (Wildman–Crippen LogP) is 3.56. The maximum absolute atomic E-state index is 12.3. The van der Waals surface area contributed by atoms with Crippen LogP contribution in [0.3, 0.4) is 0 Å². The highest BCUT2D eigenvalue weighted by atomic mass is 79.9. The van der Waals surface area contributed by atoms with Crippen LogP contribution in [0.4, 0.5) is 5.82 Å². The van der Waals surface area contributed by atoms with Crippen molar-refractivity contribution in [1.82, 2.24) is 25.1 Å². The number of hydrogen-bond donors (Lipinski definition) is 2. The fourth-order valence-corrected chi connectivity index (χ4v) is 3.41. The summed E-state index contributed by atoms with van der Waals surface area (Å²) in [6, 6.07) is 7.60. The van der Waals surface area contributed by atoms with E-state index in [0.29, 0.717) is 23.8 Å². The minimum Gasteiger partial charge on any atom is -0.367 e. The lowest BCUT2D eigenvalue weighted by molar-refractivity contribution is 0.0951. The molecule has 27 heavy (non-hydrogen) atoms. The van der Waals surface area contributed by atoms with Gasteiger partial charge in [0.15, 0.2) is 10.8 Å². The number of nitrogens with zero attached hydrogens (tertiary/aromatic N) is 4. The molecule has 1 aromatic carbocycles. The molecule has 142 valence electrons. The van der Waals surface area contributed by atoms with Crippen molar-refractivity contribution in [2.45, 2.75) is 31.6 Å². The van der Waals surface area contributed by atoms with Gasteiger partial charge in [0.25, 0.3) is 5.91 Å². The molecule has 0 spiro atoms. The molecule has 0 unspecified atom stereocenters. The Balaban J connectivity index is 1.75. The first-order chi connectivity index (χ1) is 13.0. The molecule has 0 aliphatic rings. The average Bonchev–Trinajstić information content (AvgIpc) is 3.04. The van der Waals surface area contributed by atoms with Gasteiger partial charge in [-0.1, -0.05) is 23.9 Å². The minimum absolute atomic E-state index is 0.125. The van der Waals surface area contributed by atoms with Gasteiger partial charge in [-0.15, -0.1) is 0 Å². The van der Waals surface area contributed by atoms with E-state index in [2.05, 4.69) is 55.5 Å². The number of carbonyl (C=O) groups is 1. The number of nitrogens with one attached hydrogen (secondary N) is 2. The summed E-state index contributed by atoms with van der Waals surface area (Å²) in [5, 5.41) is 12.3. The molecule has 0 atom stereocenters. The van der Waals surface area contributed by atoms with Gasteiger partial charge >= 0.3 is 0 Å². The molecular formula is C18H21BrN6OS. The van der Waals surface area contributed by atoms with Crippen LogP contribution in [0.15, 0.2) is 40.1 Å². The van der Waals surface area contributed by atoms with Crippen LogP contribution in [-0.4, -0.2) is 44.5 Å². The van der Waals surface area contributed by atoms with Gasteiger partial charge in [-0.3, -0.25) is 4.79 Å². The fourth-order valence-electron chi connectivity index (χ4n) is 2.59. The number of amides is 1. The van der Waals surface area contributed by atoms with Gasteiger partial charge in [0.2, 0.25) is 0 Å². The Bertz CT molecular complexity index is 958. The first-order valence-electron chi connectivity index (χ1n) is 8.56. The van der Waals surface area contributed by atoms with Crippen molar-refractivity contribution >= 4 is 50.5 Å². The number of rotatable bonds is 7. The summed E-state index contributed by atoms with van der Waals surface area (Å²) in [5.41, 5.74) is 1.37. The van der Waals surface area contributed by atoms with Crippen molar-refractivity contribution in [1.29, 1.82) is 0 Å². The highest BCUT2D eigenvalue weighted by molar-refractivity contribution is 9.10. The number of anilines is 1. The number of carbonyl (C=O) groups excluding carboxylic acids is 1. The molecule has 0 aliphatic carbocycles. The largest absolute Gasteiger partial charge is 0.367 e. The van der Waals surface area contributed by atoms with Crippen LogP contribution in [0.1, 0.15) is 24.2 Å². The second-order valence-electron chi connectivity index (χ2n) is 6.20. The summed E-state index contributed by atoms with van der Waals surface area (Å²) in [5.74, 6) is 0.656. The van der Waals surface area contributed by atoms with E-state index in [1.165, 1.54) is 11.8 Å². The third kappa shape index (κ3) is 4.59. The first-order valence-corrected chi connectivity index (χ1v) is 10.6. The number of hydrogen-bond acceptors (Lipinski definition) is 6. The summed E-state index contributed by atoms with van der Waals surface area (Å²) < 4.78 is 2.57. The zero-order valence-electron chi connectivity index (χ0n) is 15.4. The lowest BCUT2D eigenvalue weighted by Crippen LogP contribution is -2.27. The molecule has 7 nitrogen and oxygen atoms in total. The number of aromatic nitrogens is 4. The Kier molecular flexibility index (Phi) is 6.33. The molecule has 3 aromatic rings. The smallest absolute Gasteiger partial charge is 0.252 e. The quantitative estimate of drug-likeness (QED) is 0.424. The van der Waals surface area contributed by atoms with Crippen LogP contribution in [0, 0.1) is 0 Å². The molecule has 1 amide bonds. The number of thioether (sulfide) groups is 1. The van der Waals surface area contributed by atoms with E-state index < -0.39 is 0 Å². The molecule has 0 saturated carbocycles. The molecule has 2 aromatic heterocycles. The molecule has 0 saturated heterocycles. The third-order valence-corrected chi connectivity index (χ3v) is 5.05. The number of halogens is 1. The Morgan fingerprint density at radius 1 is 1.30 bits per heavy atom. The summed E-state index contributed by atoms with van der Waals surface area (Å²) in [4.78, 5) is 21.5. The molecule has 9 heteroatoms. The molecule has 2 heterocycles. The van der Waals surface area contributed by atoms with Gasteiger partial charge in [0.05, 0.1) is 23.7 Å². The van der Waals surface area contributed by atoms with Gasteiger partial charge < -0.3 is 10.6 Å². The van der Waals surface area contributed by atoms with Crippen LogP contribution in [-0.2, 0) is 6.54 Å². The summed E-state index contributed by atoms with van der Waals surface area (Å²) >= 11 is 4.89. The van der Waals surface area contributed by atoms with E-state index in [9.17, 15) is 4.79 Å². The number of fused-ring (bicyclic) bond motifs is 1. The molecule has 3 rings (SSSR count). The molecule has 0 radical (unpaired) electrons. The maximum Gasteiger partial charge on any atom is 0.252 e. The topological polar surface area (TPSA) is 84.7 Å². The highest BCUT2D eigenvalue weighted by Crippen LogP contribution is 2.24. The molecule has 2 N–H and O–H groups in total. The number of benzene rings is 1. The van der Waals surface area contributed by atoms with Crippen LogP contribution >= 0.6 is 27.7 Å². The van der Waals surface area contributed by atoms with Gasteiger partial charge in [0, 0.05) is 17.1 Å². The van der Waals surface area contributed by atoms with E-state index in [4.69, 9.17) is 0 Å². The van der Waals surface area contributed by atoms with E-state index >= 15 is 0 Å². The molecular weight excluding hydrogens is 428 g/mol. The van der Waals surface area contributed by atoms with Crippen molar-refractivity contribution in [2.24, 2.45) is 0 Å². The van der Waals surface area contributed by atoms with Gasteiger partial charge in [-0.05, 0) is 48.2 Å². The highest BCUT2D eigenvalue weighted by Gasteiger charge is 2.14. The van der Waals surface area contributed by atoms with Crippen molar-refractivity contribution in [3.8, 4) is 0 Å². The lowest BCUT2D eigenvalue weighted by atomic mass is 10.2. The predicted molar refractivity (Wildman–Crippen MR) is 112 cm³/mol. The summed E-state index contributed by atoms with van der Waals surface area (Å²) in [6.45, 7) is 5.09. The minimum atomic E-state index is -0.125. The van der Waals surface area contributed by atoms with Crippen molar-refractivity contribution in [3.05, 3.63) is 40.5 Å². The standard InChI is InChI=1S/C18H21BrN6OS/c1-11(2)22-15-13-10-21-25(16(13)24-18(23-15)27-3)9-8-20-17(26)12-6-4-5-7-14(12)19/h4-7,10-11H,8-9H2,1-3H3,(H,20,26)(H,22,23,24). The molecule has 0 bridgehead atoms. The fraction of sp³-hybridized carbons (Fsp3) is 0.333. The third-order valence-electron chi connectivity index (χ3n) is 3.81. The van der Waals surface area contributed by atoms with E-state index in [-0.39, 0.29) is 11.9 Å². The van der Waals surface area contributed by atoms with Crippen molar-refractivity contribution in [3.63, 3.8) is 0 Å². The van der Waals surface area contributed by atoms with Gasteiger partial charge in [-0.2, -0.15) is 5.10 Å². The zero-order valence-corrected chi connectivity index (χ0v) is 17.8. The van der Waals surface area contributed by atoms with Crippen LogP contribution in [0.2, 0.25) is 0 Å². The Morgan fingerprint density at radius 2 is 2.07 bits per heavy atom. The van der Waals surface area contributed by atoms with Crippen molar-refractivity contribution in [2.75, 3.05) is 18.1 Å². The molecule has 0 fully saturated rings. The Hall–Kier alpha value is -2.13. The Morgan fingerprint density at radius 3 is 2.78 bits per heavy atom. The maximum atomic E-state index is 12.3. The summed E-state index contributed by atoms with van der Waals surface area (Å²) in [7, 11) is 0. The normalized spacial score (nSPS) is 11.1.